The Hall–Kier alpha value is -2.66. The first-order valence-electron chi connectivity index (χ1n) is 6.28. The summed E-state index contributed by atoms with van der Waals surface area (Å²) in [6, 6.07) is 15.3. The average Bonchev–Trinajstić information content (AvgIpc) is 2.48. The summed E-state index contributed by atoms with van der Waals surface area (Å²) in [6.07, 6.45) is 0. The van der Waals surface area contributed by atoms with Crippen LogP contribution in [0.15, 0.2) is 48.5 Å². The molecule has 0 amide bonds. The smallest absolute Gasteiger partial charge is 0.230 e. The Kier molecular flexibility index (Phi) is 3.41. The van der Waals surface area contributed by atoms with Crippen LogP contribution in [0.1, 0.15) is 0 Å². The summed E-state index contributed by atoms with van der Waals surface area (Å²) in [5.41, 5.74) is 7.66. The van der Waals surface area contributed by atoms with E-state index in [-0.39, 0.29) is 11.9 Å². The van der Waals surface area contributed by atoms with Gasteiger partial charge in [0.1, 0.15) is 0 Å². The lowest BCUT2D eigenvalue weighted by molar-refractivity contribution is 1.21. The molecule has 1 heterocycles. The van der Waals surface area contributed by atoms with Gasteiger partial charge in [-0.2, -0.15) is 0 Å². The van der Waals surface area contributed by atoms with Crippen LogP contribution in [0.2, 0.25) is 5.02 Å². The molecule has 1 aromatic heterocycles. The fourth-order valence-electron chi connectivity index (χ4n) is 2.11. The number of nitrogens with zero attached hydrogens (tertiary/aromatic N) is 2. The highest BCUT2D eigenvalue weighted by Gasteiger charge is 2.12. The van der Waals surface area contributed by atoms with Crippen LogP contribution in [-0.4, -0.2) is 15.9 Å². The minimum Gasteiger partial charge on any atom is -0.370 e. The molecule has 6 heteroatoms. The Morgan fingerprint density at radius 2 is 1.81 bits per heavy atom. The minimum absolute atomic E-state index is 0.222. The van der Waals surface area contributed by atoms with E-state index < -0.39 is 0 Å². The highest BCUT2D eigenvalue weighted by molar-refractivity contribution is 6.35. The lowest BCUT2D eigenvalue weighted by Gasteiger charge is -2.10. The van der Waals surface area contributed by atoms with Gasteiger partial charge in [-0.3, -0.25) is 10.7 Å². The number of rotatable bonds is 2. The monoisotopic (exact) mass is 297 g/mol. The maximum absolute atomic E-state index is 7.32. The number of nitrogens with two attached hydrogens (primary N) is 1. The highest BCUT2D eigenvalue weighted by Crippen LogP contribution is 2.30. The number of para-hydroxylation sites is 1. The third kappa shape index (κ3) is 2.64. The molecule has 0 bridgehead atoms. The van der Waals surface area contributed by atoms with Gasteiger partial charge in [-0.15, -0.1) is 0 Å². The molecule has 3 aromatic rings. The fraction of sp³-hybridized carbons (Fsp3) is 0. The van der Waals surface area contributed by atoms with Crippen molar-refractivity contribution < 1.29 is 0 Å². The van der Waals surface area contributed by atoms with Crippen molar-refractivity contribution in [1.82, 2.24) is 9.97 Å². The van der Waals surface area contributed by atoms with Crippen molar-refractivity contribution in [3.63, 3.8) is 0 Å². The molecule has 0 aliphatic heterocycles. The number of nitrogens with one attached hydrogen (secondary N) is 2. The zero-order valence-corrected chi connectivity index (χ0v) is 11.7. The van der Waals surface area contributed by atoms with Crippen molar-refractivity contribution in [2.75, 3.05) is 5.32 Å². The molecule has 0 fully saturated rings. The molecule has 0 spiro atoms. The topological polar surface area (TPSA) is 87.7 Å². The maximum atomic E-state index is 7.32. The second-order valence-electron chi connectivity index (χ2n) is 4.44. The molecular formula is C15H12ClN5. The van der Waals surface area contributed by atoms with E-state index in [0.717, 1.165) is 16.6 Å². The number of hydrogen-bond acceptors (Lipinski definition) is 3. The van der Waals surface area contributed by atoms with E-state index in [1.807, 2.05) is 42.5 Å². The number of anilines is 1. The summed E-state index contributed by atoms with van der Waals surface area (Å²) < 4.78 is 0. The Balaban J connectivity index is 2.30. The minimum atomic E-state index is -0.222. The number of benzene rings is 2. The number of fused-ring (bicyclic) bond motifs is 1. The van der Waals surface area contributed by atoms with Crippen LogP contribution < -0.4 is 11.1 Å². The van der Waals surface area contributed by atoms with Gasteiger partial charge in [-0.05, 0) is 6.07 Å². The van der Waals surface area contributed by atoms with E-state index in [2.05, 4.69) is 15.3 Å². The van der Waals surface area contributed by atoms with Crippen LogP contribution in [0.4, 0.5) is 5.95 Å². The molecule has 3 rings (SSSR count). The van der Waals surface area contributed by atoms with Crippen LogP contribution in [0, 0.1) is 5.41 Å². The molecule has 4 N–H and O–H groups in total. The molecular weight excluding hydrogens is 286 g/mol. The lowest BCUT2D eigenvalue weighted by atomic mass is 10.1. The Labute approximate surface area is 126 Å². The second-order valence-corrected chi connectivity index (χ2v) is 4.84. The summed E-state index contributed by atoms with van der Waals surface area (Å²) in [5.74, 6) is 0.0300. The van der Waals surface area contributed by atoms with Crippen molar-refractivity contribution in [1.29, 1.82) is 5.41 Å². The van der Waals surface area contributed by atoms with Gasteiger partial charge < -0.3 is 5.73 Å². The van der Waals surface area contributed by atoms with Gasteiger partial charge in [0, 0.05) is 10.9 Å². The second kappa shape index (κ2) is 5.38. The van der Waals surface area contributed by atoms with Crippen LogP contribution in [0.25, 0.3) is 22.2 Å². The van der Waals surface area contributed by atoms with Gasteiger partial charge in [0.15, 0.2) is 5.96 Å². The molecule has 0 aliphatic rings. The van der Waals surface area contributed by atoms with Crippen LogP contribution in [0.5, 0.6) is 0 Å². The SMILES string of the molecule is N=C(N)Nc1nc(-c2ccccc2)c2cccc(Cl)c2n1. The van der Waals surface area contributed by atoms with Crippen molar-refractivity contribution in [2.45, 2.75) is 0 Å². The van der Waals surface area contributed by atoms with Gasteiger partial charge in [0.25, 0.3) is 0 Å². The lowest BCUT2D eigenvalue weighted by Crippen LogP contribution is -2.22. The predicted molar refractivity (Wildman–Crippen MR) is 85.5 cm³/mol. The van der Waals surface area contributed by atoms with E-state index in [0.29, 0.717) is 10.5 Å². The van der Waals surface area contributed by atoms with Gasteiger partial charge in [0.05, 0.1) is 16.2 Å². The molecule has 0 unspecified atom stereocenters. The van der Waals surface area contributed by atoms with Gasteiger partial charge >= 0.3 is 0 Å². The van der Waals surface area contributed by atoms with Gasteiger partial charge in [0.2, 0.25) is 5.95 Å². The third-order valence-corrected chi connectivity index (χ3v) is 3.28. The fourth-order valence-corrected chi connectivity index (χ4v) is 2.33. The number of aromatic nitrogens is 2. The number of hydrogen-bond donors (Lipinski definition) is 3. The van der Waals surface area contributed by atoms with Crippen LogP contribution in [-0.2, 0) is 0 Å². The van der Waals surface area contributed by atoms with E-state index in [4.69, 9.17) is 22.7 Å². The molecule has 2 aromatic carbocycles. The normalized spacial score (nSPS) is 10.5. The highest BCUT2D eigenvalue weighted by atomic mass is 35.5. The molecule has 0 radical (unpaired) electrons. The van der Waals surface area contributed by atoms with E-state index >= 15 is 0 Å². The Bertz CT molecular complexity index is 817. The molecule has 0 saturated heterocycles. The zero-order valence-electron chi connectivity index (χ0n) is 11.0. The standard InChI is InChI=1S/C15H12ClN5/c16-11-8-4-7-10-12(9-5-2-1-3-6-9)19-15(20-13(10)11)21-14(17)18/h1-8H,(H4,17,18,19,20,21). The number of halogens is 1. The van der Waals surface area contributed by atoms with Gasteiger partial charge in [-0.1, -0.05) is 54.1 Å². The Morgan fingerprint density at radius 1 is 1.05 bits per heavy atom. The summed E-state index contributed by atoms with van der Waals surface area (Å²) >= 11 is 6.22. The van der Waals surface area contributed by atoms with Crippen molar-refractivity contribution in [3.8, 4) is 11.3 Å². The van der Waals surface area contributed by atoms with Crippen LogP contribution in [0.3, 0.4) is 0 Å². The first kappa shape index (κ1) is 13.3. The molecule has 104 valence electrons. The summed E-state index contributed by atoms with van der Waals surface area (Å²) in [5, 5.41) is 11.3. The van der Waals surface area contributed by atoms with Crippen molar-refractivity contribution >= 4 is 34.4 Å². The molecule has 5 nitrogen and oxygen atoms in total. The van der Waals surface area contributed by atoms with Crippen LogP contribution >= 0.6 is 11.6 Å². The molecule has 0 aliphatic carbocycles. The van der Waals surface area contributed by atoms with E-state index in [9.17, 15) is 0 Å². The largest absolute Gasteiger partial charge is 0.370 e. The molecule has 0 saturated carbocycles. The summed E-state index contributed by atoms with van der Waals surface area (Å²) in [4.78, 5) is 8.78. The number of guanidine groups is 1. The van der Waals surface area contributed by atoms with E-state index in [1.54, 1.807) is 6.07 Å². The summed E-state index contributed by atoms with van der Waals surface area (Å²) in [7, 11) is 0. The van der Waals surface area contributed by atoms with Crippen molar-refractivity contribution in [3.05, 3.63) is 53.6 Å². The predicted octanol–water partition coefficient (Wildman–Crippen LogP) is 3.26. The summed E-state index contributed by atoms with van der Waals surface area (Å²) in [6.45, 7) is 0. The first-order valence-corrected chi connectivity index (χ1v) is 6.65. The third-order valence-electron chi connectivity index (χ3n) is 2.97. The van der Waals surface area contributed by atoms with Crippen molar-refractivity contribution in [2.24, 2.45) is 5.73 Å². The zero-order chi connectivity index (χ0) is 14.8. The Morgan fingerprint density at radius 3 is 2.52 bits per heavy atom. The first-order chi connectivity index (χ1) is 10.1. The average molecular weight is 298 g/mol. The quantitative estimate of drug-likeness (QED) is 0.500. The molecule has 0 atom stereocenters. The van der Waals surface area contributed by atoms with Gasteiger partial charge in [-0.25, -0.2) is 9.97 Å². The van der Waals surface area contributed by atoms with E-state index in [1.165, 1.54) is 0 Å². The maximum Gasteiger partial charge on any atom is 0.230 e. The molecule has 21 heavy (non-hydrogen) atoms.